The fourth-order valence-electron chi connectivity index (χ4n) is 8.90. The van der Waals surface area contributed by atoms with E-state index in [0.717, 1.165) is 45.8 Å². The summed E-state index contributed by atoms with van der Waals surface area (Å²) in [5.41, 5.74) is 7.83. The molecule has 0 fully saturated rings. The van der Waals surface area contributed by atoms with Gasteiger partial charge in [0.25, 0.3) is 11.8 Å². The zero-order valence-corrected chi connectivity index (χ0v) is 38.2. The van der Waals surface area contributed by atoms with Gasteiger partial charge in [-0.1, -0.05) is 47.6 Å². The Bertz CT molecular complexity index is 2710. The number of rotatable bonds is 17. The summed E-state index contributed by atoms with van der Waals surface area (Å²) < 4.78 is 30.7. The highest BCUT2D eigenvalue weighted by atomic mass is 32.8. The number of fused-ring (bicyclic) bond motifs is 8. The Morgan fingerprint density at radius 1 is 0.785 bits per heavy atom. The van der Waals surface area contributed by atoms with Crippen LogP contribution in [0, 0.1) is 0 Å². The highest BCUT2D eigenvalue weighted by Gasteiger charge is 2.38. The number of amides is 3. The van der Waals surface area contributed by atoms with Crippen molar-refractivity contribution < 1.29 is 38.1 Å². The Labute approximate surface area is 385 Å². The van der Waals surface area contributed by atoms with Gasteiger partial charge in [-0.05, 0) is 90.2 Å². The van der Waals surface area contributed by atoms with E-state index in [0.29, 0.717) is 96.6 Å². The number of anilines is 3. The molecule has 0 saturated carbocycles. The molecule has 15 heteroatoms. The van der Waals surface area contributed by atoms with Gasteiger partial charge in [-0.15, -0.1) is 9.45 Å². The van der Waals surface area contributed by atoms with Crippen molar-refractivity contribution in [2.75, 3.05) is 61.0 Å². The SMILES string of the molecule is COc1cc2c(cc1OCc1cc(COc3cc4c(cc3OC)C(=O)N3c5ccccc5C[C@H]3CN4)cc(OCCCCC(=O)NCCS(C)=S)c1)N=C[C@@H]1Cc3ccccc3N1C2=O. The number of carbonyl (C=O) groups excluding carboxylic acids is 3. The van der Waals surface area contributed by atoms with Gasteiger partial charge >= 0.3 is 0 Å². The van der Waals surface area contributed by atoms with Crippen LogP contribution in [0.2, 0.25) is 0 Å². The zero-order chi connectivity index (χ0) is 45.0. The highest BCUT2D eigenvalue weighted by molar-refractivity contribution is 8.28. The third kappa shape index (κ3) is 9.39. The first kappa shape index (κ1) is 43.8. The van der Waals surface area contributed by atoms with Crippen molar-refractivity contribution in [3.63, 3.8) is 0 Å². The molecule has 0 saturated heterocycles. The fourth-order valence-corrected chi connectivity index (χ4v) is 9.54. The number of methoxy groups -OCH3 is 2. The lowest BCUT2D eigenvalue weighted by Gasteiger charge is -2.22. The van der Waals surface area contributed by atoms with Crippen molar-refractivity contribution in [1.82, 2.24) is 5.32 Å². The molecule has 0 radical (unpaired) electrons. The van der Waals surface area contributed by atoms with Crippen LogP contribution < -0.4 is 44.1 Å². The molecule has 4 aliphatic rings. The van der Waals surface area contributed by atoms with Gasteiger partial charge in [0.05, 0.1) is 55.4 Å². The van der Waals surface area contributed by atoms with Crippen molar-refractivity contribution in [2.45, 2.75) is 57.4 Å². The third-order valence-corrected chi connectivity index (χ3v) is 13.4. The topological polar surface area (TPSA) is 140 Å². The molecule has 4 aliphatic heterocycles. The lowest BCUT2D eigenvalue weighted by atomic mass is 10.1. The van der Waals surface area contributed by atoms with Gasteiger partial charge in [0, 0.05) is 61.4 Å². The summed E-state index contributed by atoms with van der Waals surface area (Å²) in [6.45, 7) is 1.87. The Morgan fingerprint density at radius 2 is 1.43 bits per heavy atom. The first-order chi connectivity index (χ1) is 31.7. The third-order valence-electron chi connectivity index (χ3n) is 12.1. The number of unbranched alkanes of at least 4 members (excludes halogenated alkanes) is 1. The van der Waals surface area contributed by atoms with Gasteiger partial charge in [0.1, 0.15) is 19.0 Å². The van der Waals surface area contributed by atoms with Crippen LogP contribution in [0.4, 0.5) is 22.7 Å². The van der Waals surface area contributed by atoms with Gasteiger partial charge in [0.2, 0.25) is 5.91 Å². The molecule has 3 atom stereocenters. The molecule has 5 aromatic rings. The van der Waals surface area contributed by atoms with E-state index in [9.17, 15) is 14.4 Å². The standard InChI is InChI=1S/C50H51N5O8S2/c1-59-44-23-38-40(52-27-35-21-33-10-4-6-12-42(33)54(35)49(38)57)25-46(44)62-29-31-18-32(20-37(19-31)61-16-9-8-14-48(56)51-15-17-65(3)64)30-63-47-26-41-39(24-45(47)60-2)50(58)55-36(28-53-41)22-34-11-5-7-13-43(34)55/h4-7,10-13,18-20,23-27,35-36,53H,8-9,14-17,21-22,28-30H2,1-3H3,(H,51,56)/t35-,36-,65?/m0/s1. The smallest absolute Gasteiger partial charge is 0.261 e. The maximum absolute atomic E-state index is 14.0. The van der Waals surface area contributed by atoms with Crippen LogP contribution in [-0.4, -0.2) is 81.9 Å². The van der Waals surface area contributed by atoms with Crippen LogP contribution in [0.3, 0.4) is 0 Å². The molecule has 5 aromatic carbocycles. The molecule has 13 nitrogen and oxygen atoms in total. The molecule has 9 rings (SSSR count). The summed E-state index contributed by atoms with van der Waals surface area (Å²) in [7, 11) is 2.98. The van der Waals surface area contributed by atoms with Crippen LogP contribution in [0.25, 0.3) is 0 Å². The Kier molecular flexibility index (Phi) is 13.0. The van der Waals surface area contributed by atoms with Crippen molar-refractivity contribution >= 4 is 67.3 Å². The minimum atomic E-state index is -0.185. The predicted octanol–water partition coefficient (Wildman–Crippen LogP) is 7.52. The largest absolute Gasteiger partial charge is 0.494 e. The summed E-state index contributed by atoms with van der Waals surface area (Å²) in [6.07, 6.45) is 7.04. The number of nitrogens with one attached hydrogen (secondary N) is 2. The van der Waals surface area contributed by atoms with E-state index in [1.54, 1.807) is 37.3 Å². The average Bonchev–Trinajstić information content (AvgIpc) is 3.80. The maximum Gasteiger partial charge on any atom is 0.261 e. The van der Waals surface area contributed by atoms with Crippen molar-refractivity contribution in [3.05, 3.63) is 124 Å². The molecule has 65 heavy (non-hydrogen) atoms. The minimum Gasteiger partial charge on any atom is -0.494 e. The maximum atomic E-state index is 14.0. The second kappa shape index (κ2) is 19.3. The number of carbonyl (C=O) groups is 3. The molecular formula is C50H51N5O8S2. The van der Waals surface area contributed by atoms with E-state index in [2.05, 4.69) is 16.7 Å². The first-order valence-corrected chi connectivity index (χ1v) is 24.5. The minimum absolute atomic E-state index is 0.00803. The second-order valence-corrected chi connectivity index (χ2v) is 19.7. The van der Waals surface area contributed by atoms with Crippen LogP contribution in [0.5, 0.6) is 28.7 Å². The summed E-state index contributed by atoms with van der Waals surface area (Å²) in [5, 5.41) is 6.45. The fraction of sp³-hybridized carbons (Fsp3) is 0.320. The Morgan fingerprint density at radius 3 is 2.14 bits per heavy atom. The Balaban J connectivity index is 0.928. The molecule has 3 amide bonds. The number of hydrogen-bond donors (Lipinski definition) is 2. The summed E-state index contributed by atoms with van der Waals surface area (Å²) in [4.78, 5) is 48.8. The van der Waals surface area contributed by atoms with Crippen molar-refractivity contribution in [3.8, 4) is 28.7 Å². The van der Waals surface area contributed by atoms with Gasteiger partial charge in [-0.25, -0.2) is 0 Å². The number of hydrogen-bond acceptors (Lipinski definition) is 11. The van der Waals surface area contributed by atoms with Crippen LogP contribution in [-0.2, 0) is 51.5 Å². The molecule has 0 bridgehead atoms. The van der Waals surface area contributed by atoms with Crippen LogP contribution in [0.15, 0.2) is 96.0 Å². The number of nitrogens with zero attached hydrogens (tertiary/aromatic N) is 3. The van der Waals surface area contributed by atoms with Gasteiger partial charge in [0.15, 0.2) is 23.0 Å². The van der Waals surface area contributed by atoms with E-state index in [1.807, 2.05) is 84.1 Å². The number of ether oxygens (including phenoxy) is 5. The molecular weight excluding hydrogens is 863 g/mol. The monoisotopic (exact) mass is 913 g/mol. The second-order valence-electron chi connectivity index (χ2n) is 16.5. The zero-order valence-electron chi connectivity index (χ0n) is 36.6. The quantitative estimate of drug-likeness (QED) is 0.0901. The summed E-state index contributed by atoms with van der Waals surface area (Å²) in [5.74, 6) is 2.94. The van der Waals surface area contributed by atoms with Gasteiger partial charge in [-0.3, -0.25) is 24.3 Å². The lowest BCUT2D eigenvalue weighted by molar-refractivity contribution is -0.121. The molecule has 4 heterocycles. The summed E-state index contributed by atoms with van der Waals surface area (Å²) in [6, 6.07) is 28.6. The number of aliphatic imine (C=N–C) groups is 1. The van der Waals surface area contributed by atoms with Crippen LogP contribution >= 0.6 is 0 Å². The number of benzene rings is 5. The molecule has 0 spiro atoms. The molecule has 0 aromatic heterocycles. The normalized spacial score (nSPS) is 17.0. The first-order valence-electron chi connectivity index (χ1n) is 21.8. The predicted molar refractivity (Wildman–Crippen MR) is 257 cm³/mol. The Hall–Kier alpha value is -6.45. The molecule has 1 unspecified atom stereocenters. The highest BCUT2D eigenvalue weighted by Crippen LogP contribution is 2.43. The number of para-hydroxylation sites is 2. The summed E-state index contributed by atoms with van der Waals surface area (Å²) >= 11 is 5.23. The van der Waals surface area contributed by atoms with Crippen LogP contribution in [0.1, 0.15) is 62.2 Å². The van der Waals surface area contributed by atoms with Gasteiger partial charge < -0.3 is 39.2 Å². The van der Waals surface area contributed by atoms with E-state index >= 15 is 0 Å². The van der Waals surface area contributed by atoms with E-state index in [1.165, 1.54) is 0 Å². The van der Waals surface area contributed by atoms with Gasteiger partial charge in [-0.2, -0.15) is 0 Å². The lowest BCUT2D eigenvalue weighted by Crippen LogP contribution is -2.39. The molecule has 336 valence electrons. The molecule has 2 N–H and O–H groups in total. The molecule has 0 aliphatic carbocycles. The van der Waals surface area contributed by atoms with Crippen molar-refractivity contribution in [2.24, 2.45) is 4.99 Å². The average molecular weight is 914 g/mol. The van der Waals surface area contributed by atoms with E-state index in [4.69, 9.17) is 39.9 Å². The van der Waals surface area contributed by atoms with E-state index in [-0.39, 0.29) is 52.5 Å². The van der Waals surface area contributed by atoms with E-state index < -0.39 is 0 Å². The van der Waals surface area contributed by atoms with Crippen molar-refractivity contribution in [1.29, 1.82) is 0 Å².